The Kier molecular flexibility index (Phi) is 10.2. The van der Waals surface area contributed by atoms with Crippen molar-refractivity contribution in [1.29, 1.82) is 0 Å². The van der Waals surface area contributed by atoms with Crippen LogP contribution >= 0.6 is 0 Å². The van der Waals surface area contributed by atoms with E-state index < -0.39 is 59.6 Å². The van der Waals surface area contributed by atoms with Gasteiger partial charge in [-0.15, -0.1) is 0 Å². The van der Waals surface area contributed by atoms with Gasteiger partial charge >= 0.3 is 5.97 Å². The summed E-state index contributed by atoms with van der Waals surface area (Å²) in [5.41, 5.74) is -0.218. The number of rotatable bonds is 7. The van der Waals surface area contributed by atoms with Gasteiger partial charge in [0, 0.05) is 25.7 Å². The summed E-state index contributed by atoms with van der Waals surface area (Å²) < 4.78 is 18.6. The lowest BCUT2D eigenvalue weighted by molar-refractivity contribution is -0.164. The molecule has 2 fully saturated rings. The summed E-state index contributed by atoms with van der Waals surface area (Å²) in [5.74, 6) is -3.32. The SMILES string of the molecule is CC[C@H](C)[C@H](CO)N1C(=O)[C@@H]2[C@H]3C(=O)O[C@H](c4ccccc4)[C@@H](C)N(C)C(=O)CC/C=C\[C@H]3O[C@@]23C=CCN(c2ccc(OC)cc2)C(=O)[C@@H]13. The van der Waals surface area contributed by atoms with E-state index in [1.165, 1.54) is 4.90 Å². The molecule has 11 heteroatoms. The van der Waals surface area contributed by atoms with Crippen LogP contribution < -0.4 is 9.64 Å². The number of esters is 1. The number of aliphatic hydroxyl groups excluding tert-OH is 1. The van der Waals surface area contributed by atoms with Crippen LogP contribution in [0.4, 0.5) is 5.69 Å². The number of benzene rings is 2. The van der Waals surface area contributed by atoms with E-state index in [2.05, 4.69) is 0 Å². The normalized spacial score (nSPS) is 31.8. The van der Waals surface area contributed by atoms with Gasteiger partial charge in [0.05, 0.1) is 37.8 Å². The van der Waals surface area contributed by atoms with E-state index >= 15 is 0 Å². The molecule has 0 radical (unpaired) electrons. The first kappa shape index (κ1) is 35.3. The van der Waals surface area contributed by atoms with Crippen LogP contribution in [0, 0.1) is 17.8 Å². The zero-order valence-corrected chi connectivity index (χ0v) is 29.3. The Labute approximate surface area is 293 Å². The fourth-order valence-corrected chi connectivity index (χ4v) is 7.99. The van der Waals surface area contributed by atoms with Gasteiger partial charge in [0.15, 0.2) is 0 Å². The second-order valence-electron chi connectivity index (χ2n) is 13.8. The van der Waals surface area contributed by atoms with Crippen LogP contribution in [-0.4, -0.2) is 95.7 Å². The first-order chi connectivity index (χ1) is 24.1. The molecule has 2 saturated heterocycles. The molecule has 0 aliphatic carbocycles. The van der Waals surface area contributed by atoms with Crippen LogP contribution in [0.5, 0.6) is 5.75 Å². The molecule has 4 aliphatic heterocycles. The highest BCUT2D eigenvalue weighted by atomic mass is 16.6. The standard InChI is InChI=1S/C39H47N3O8/c1-6-24(2)29(23-43)42-35-37(46)41(27-17-19-28(48-5)20-18-27)22-12-21-39(35)33(36(42)45)32-30(50-39)15-10-11-16-31(44)40(4)25(3)34(49-38(32)47)26-13-8-7-9-14-26/h7-10,12-15,17-21,24-25,29-30,32-35,43H,6,11,16,22-23H2,1-5H3/b15-10-/t24-,25+,29-,30+,32-,33-,34-,35+,39-/m0/s1. The number of likely N-dealkylation sites (tertiary alicyclic amines) is 1. The zero-order valence-electron chi connectivity index (χ0n) is 29.3. The summed E-state index contributed by atoms with van der Waals surface area (Å²) >= 11 is 0. The lowest BCUT2D eigenvalue weighted by atomic mass is 9.77. The zero-order chi connectivity index (χ0) is 35.7. The summed E-state index contributed by atoms with van der Waals surface area (Å²) in [6.07, 6.45) is 6.64. The maximum absolute atomic E-state index is 15.0. The molecule has 2 aromatic rings. The van der Waals surface area contributed by atoms with Gasteiger partial charge in [-0.05, 0) is 49.1 Å². The van der Waals surface area contributed by atoms with Crippen LogP contribution in [0.15, 0.2) is 78.9 Å². The Morgan fingerprint density at radius 2 is 1.74 bits per heavy atom. The molecular formula is C39H47N3O8. The highest BCUT2D eigenvalue weighted by Crippen LogP contribution is 2.54. The number of nitrogens with zero attached hydrogens (tertiary/aromatic N) is 3. The quantitative estimate of drug-likeness (QED) is 0.342. The largest absolute Gasteiger partial charge is 0.497 e. The highest BCUT2D eigenvalue weighted by Gasteiger charge is 2.73. The number of ether oxygens (including phenoxy) is 3. The van der Waals surface area contributed by atoms with E-state index in [-0.39, 0.29) is 37.3 Å². The lowest BCUT2D eigenvalue weighted by Gasteiger charge is -2.40. The molecule has 1 spiro atoms. The molecule has 9 atom stereocenters. The summed E-state index contributed by atoms with van der Waals surface area (Å²) in [4.78, 5) is 62.4. The Morgan fingerprint density at radius 3 is 2.40 bits per heavy atom. The van der Waals surface area contributed by atoms with Crippen LogP contribution in [0.25, 0.3) is 0 Å². The summed E-state index contributed by atoms with van der Waals surface area (Å²) in [6, 6.07) is 13.9. The number of aliphatic hydroxyl groups is 1. The third-order valence-corrected chi connectivity index (χ3v) is 11.1. The fourth-order valence-electron chi connectivity index (χ4n) is 7.99. The Balaban J connectivity index is 1.48. The van der Waals surface area contributed by atoms with Crippen molar-refractivity contribution in [3.8, 4) is 5.75 Å². The van der Waals surface area contributed by atoms with E-state index in [0.717, 1.165) is 0 Å². The molecule has 6 rings (SSSR count). The molecule has 0 saturated carbocycles. The molecule has 1 N–H and O–H groups in total. The molecule has 11 nitrogen and oxygen atoms in total. The number of cyclic esters (lactones) is 1. The number of hydrogen-bond acceptors (Lipinski definition) is 8. The predicted octanol–water partition coefficient (Wildman–Crippen LogP) is 4.07. The van der Waals surface area contributed by atoms with Gasteiger partial charge in [-0.25, -0.2) is 0 Å². The van der Waals surface area contributed by atoms with Crippen molar-refractivity contribution in [2.75, 3.05) is 32.2 Å². The van der Waals surface area contributed by atoms with Crippen molar-refractivity contribution in [3.05, 3.63) is 84.5 Å². The minimum absolute atomic E-state index is 0.0963. The first-order valence-corrected chi connectivity index (χ1v) is 17.5. The number of allylic oxidation sites excluding steroid dienone is 1. The molecule has 0 bridgehead atoms. The van der Waals surface area contributed by atoms with Crippen molar-refractivity contribution in [2.45, 2.75) is 76.0 Å². The highest BCUT2D eigenvalue weighted by molar-refractivity contribution is 6.05. The van der Waals surface area contributed by atoms with Crippen LogP contribution in [0.1, 0.15) is 51.7 Å². The third kappa shape index (κ3) is 6.00. The van der Waals surface area contributed by atoms with Gasteiger partial charge < -0.3 is 34.0 Å². The van der Waals surface area contributed by atoms with E-state index in [1.54, 1.807) is 66.5 Å². The molecule has 2 aromatic carbocycles. The van der Waals surface area contributed by atoms with Crippen LogP contribution in [0.2, 0.25) is 0 Å². The van der Waals surface area contributed by atoms with Gasteiger partial charge in [-0.1, -0.05) is 74.9 Å². The van der Waals surface area contributed by atoms with Crippen molar-refractivity contribution < 1.29 is 38.5 Å². The second-order valence-corrected chi connectivity index (χ2v) is 13.8. The summed E-state index contributed by atoms with van der Waals surface area (Å²) in [6.45, 7) is 5.58. The maximum Gasteiger partial charge on any atom is 0.313 e. The molecular weight excluding hydrogens is 638 g/mol. The van der Waals surface area contributed by atoms with Crippen molar-refractivity contribution >= 4 is 29.4 Å². The minimum Gasteiger partial charge on any atom is -0.497 e. The molecule has 266 valence electrons. The Bertz CT molecular complexity index is 1640. The maximum atomic E-state index is 15.0. The van der Waals surface area contributed by atoms with Crippen molar-refractivity contribution in [3.63, 3.8) is 0 Å². The number of methoxy groups -OCH3 is 1. The van der Waals surface area contributed by atoms with Crippen molar-refractivity contribution in [1.82, 2.24) is 9.80 Å². The second kappa shape index (κ2) is 14.4. The van der Waals surface area contributed by atoms with E-state index in [0.29, 0.717) is 29.8 Å². The van der Waals surface area contributed by atoms with E-state index in [4.69, 9.17) is 14.2 Å². The lowest BCUT2D eigenvalue weighted by Crippen LogP contribution is -2.59. The number of carbonyl (C=O) groups excluding carboxylic acids is 4. The fraction of sp³-hybridized carbons (Fsp3) is 0.487. The van der Waals surface area contributed by atoms with Gasteiger partial charge in [0.2, 0.25) is 11.8 Å². The third-order valence-electron chi connectivity index (χ3n) is 11.1. The molecule has 50 heavy (non-hydrogen) atoms. The molecule has 3 amide bonds. The molecule has 0 unspecified atom stereocenters. The Hall–Kier alpha value is -4.48. The van der Waals surface area contributed by atoms with E-state index in [1.807, 2.05) is 57.2 Å². The van der Waals surface area contributed by atoms with Gasteiger partial charge in [0.1, 0.15) is 29.4 Å². The summed E-state index contributed by atoms with van der Waals surface area (Å²) in [5, 5.41) is 10.8. The number of carbonyl (C=O) groups is 4. The van der Waals surface area contributed by atoms with Crippen LogP contribution in [0.3, 0.4) is 0 Å². The average Bonchev–Trinajstić information content (AvgIpc) is 3.52. The van der Waals surface area contributed by atoms with Gasteiger partial charge in [-0.2, -0.15) is 0 Å². The van der Waals surface area contributed by atoms with Gasteiger partial charge in [0.25, 0.3) is 5.91 Å². The monoisotopic (exact) mass is 685 g/mol. The molecule has 4 aliphatic rings. The Morgan fingerprint density at radius 1 is 1.02 bits per heavy atom. The first-order valence-electron chi connectivity index (χ1n) is 17.5. The van der Waals surface area contributed by atoms with Crippen LogP contribution in [-0.2, 0) is 28.7 Å². The van der Waals surface area contributed by atoms with Gasteiger partial charge in [-0.3, -0.25) is 19.2 Å². The van der Waals surface area contributed by atoms with E-state index in [9.17, 15) is 24.3 Å². The number of likely N-dealkylation sites (N-methyl/N-ethyl adjacent to an activating group) is 1. The number of fused-ring (bicyclic) bond motifs is 2. The predicted molar refractivity (Wildman–Crippen MR) is 186 cm³/mol. The minimum atomic E-state index is -1.53. The average molecular weight is 686 g/mol. The topological polar surface area (TPSA) is 126 Å². The van der Waals surface area contributed by atoms with Crippen molar-refractivity contribution in [2.24, 2.45) is 17.8 Å². The molecule has 0 aromatic heterocycles. The number of hydrogen-bond donors (Lipinski definition) is 1. The number of amides is 3. The number of anilines is 1. The summed E-state index contributed by atoms with van der Waals surface area (Å²) in [7, 11) is 3.27. The molecule has 4 heterocycles. The smallest absolute Gasteiger partial charge is 0.313 e.